The number of rotatable bonds is 26. The minimum absolute atomic E-state index is 0.0481. The largest absolute Gasteiger partial charge is 0.394 e. The second-order valence-electron chi connectivity index (χ2n) is 15.2. The molecule has 0 spiro atoms. The SMILES string of the molecule is CCCC(CCC(NC(=O)C1CCC(OO)CC1)C(=O)NCCOCCOC1CC(O)C(O)C(CO)O1)C(=O)NCCOCCOC1CC(C)C(C)C(CO)O1. The van der Waals surface area contributed by atoms with Crippen LogP contribution in [0.15, 0.2) is 0 Å². The summed E-state index contributed by atoms with van der Waals surface area (Å²) < 4.78 is 33.8. The van der Waals surface area contributed by atoms with Gasteiger partial charge >= 0.3 is 0 Å². The maximum atomic E-state index is 13.4. The number of ether oxygens (including phenoxy) is 6. The van der Waals surface area contributed by atoms with Crippen LogP contribution in [-0.4, -0.2) is 158 Å². The molecule has 3 amide bonds. The zero-order chi connectivity index (χ0) is 40.9. The van der Waals surface area contributed by atoms with Gasteiger partial charge in [0.25, 0.3) is 0 Å². The quantitative estimate of drug-likeness (QED) is 0.0331. The van der Waals surface area contributed by atoms with Crippen LogP contribution < -0.4 is 16.0 Å². The van der Waals surface area contributed by atoms with E-state index in [1.807, 2.05) is 6.92 Å². The van der Waals surface area contributed by atoms with Gasteiger partial charge in [-0.2, -0.15) is 0 Å². The minimum atomic E-state index is -1.19. The van der Waals surface area contributed by atoms with E-state index in [9.17, 15) is 34.8 Å². The number of nitrogens with one attached hydrogen (secondary N) is 3. The predicted octanol–water partition coefficient (Wildman–Crippen LogP) is 0.224. The highest BCUT2D eigenvalue weighted by Crippen LogP contribution is 2.30. The summed E-state index contributed by atoms with van der Waals surface area (Å²) in [5.41, 5.74) is 0. The van der Waals surface area contributed by atoms with Crippen molar-refractivity contribution < 1.29 is 73.4 Å². The summed E-state index contributed by atoms with van der Waals surface area (Å²) in [5, 5.41) is 56.3. The van der Waals surface area contributed by atoms with Crippen molar-refractivity contribution in [2.24, 2.45) is 23.7 Å². The van der Waals surface area contributed by atoms with Crippen molar-refractivity contribution in [1.82, 2.24) is 16.0 Å². The van der Waals surface area contributed by atoms with Crippen LogP contribution in [0.2, 0.25) is 0 Å². The minimum Gasteiger partial charge on any atom is -0.394 e. The number of aliphatic hydroxyl groups excluding tert-OH is 4. The number of carbonyl (C=O) groups excluding carboxylic acids is 3. The van der Waals surface area contributed by atoms with Gasteiger partial charge in [-0.1, -0.05) is 27.2 Å². The molecule has 2 aliphatic heterocycles. The monoisotopic (exact) mass is 807 g/mol. The molecule has 0 aromatic rings. The second kappa shape index (κ2) is 26.8. The molecule has 0 aromatic heterocycles. The fourth-order valence-corrected chi connectivity index (χ4v) is 7.30. The lowest BCUT2D eigenvalue weighted by atomic mass is 9.86. The summed E-state index contributed by atoms with van der Waals surface area (Å²) >= 11 is 0. The number of hydrogen-bond acceptors (Lipinski definition) is 15. The molecule has 8 N–H and O–H groups in total. The number of hydrogen-bond donors (Lipinski definition) is 8. The van der Waals surface area contributed by atoms with Gasteiger partial charge in [-0.15, -0.1) is 0 Å². The Kier molecular flexibility index (Phi) is 23.1. The lowest BCUT2D eigenvalue weighted by Gasteiger charge is -2.38. The van der Waals surface area contributed by atoms with Gasteiger partial charge in [0.15, 0.2) is 12.6 Å². The molecular weight excluding hydrogens is 738 g/mol. The van der Waals surface area contributed by atoms with Crippen LogP contribution >= 0.6 is 0 Å². The molecule has 18 nitrogen and oxygen atoms in total. The van der Waals surface area contributed by atoms with E-state index < -0.39 is 43.2 Å². The highest BCUT2D eigenvalue weighted by atomic mass is 17.1. The molecule has 2 heterocycles. The summed E-state index contributed by atoms with van der Waals surface area (Å²) in [6.07, 6.45) is -0.148. The van der Waals surface area contributed by atoms with E-state index >= 15 is 0 Å². The highest BCUT2D eigenvalue weighted by Gasteiger charge is 2.37. The summed E-state index contributed by atoms with van der Waals surface area (Å²) in [4.78, 5) is 44.3. The Morgan fingerprint density at radius 3 is 1.93 bits per heavy atom. The normalized spacial score (nSPS) is 30.6. The maximum Gasteiger partial charge on any atom is 0.242 e. The van der Waals surface area contributed by atoms with Gasteiger partial charge < -0.3 is 64.8 Å². The Hall–Kier alpha value is -2.07. The molecule has 0 radical (unpaired) electrons. The van der Waals surface area contributed by atoms with Gasteiger partial charge in [0, 0.05) is 37.8 Å². The third kappa shape index (κ3) is 16.7. The lowest BCUT2D eigenvalue weighted by molar-refractivity contribution is -0.284. The second-order valence-corrected chi connectivity index (χ2v) is 15.2. The molecule has 56 heavy (non-hydrogen) atoms. The molecule has 10 atom stereocenters. The fourth-order valence-electron chi connectivity index (χ4n) is 7.30. The first kappa shape index (κ1) is 48.3. The van der Waals surface area contributed by atoms with E-state index in [1.165, 1.54) is 0 Å². The average Bonchev–Trinajstić information content (AvgIpc) is 3.20. The fraction of sp³-hybridized carbons (Fsp3) is 0.921. The van der Waals surface area contributed by atoms with E-state index in [4.69, 9.17) is 33.7 Å². The molecule has 3 aliphatic rings. The van der Waals surface area contributed by atoms with Gasteiger partial charge in [0.1, 0.15) is 18.2 Å². The van der Waals surface area contributed by atoms with Gasteiger partial charge in [-0.05, 0) is 56.8 Å². The first-order valence-corrected chi connectivity index (χ1v) is 20.4. The van der Waals surface area contributed by atoms with Gasteiger partial charge in [0.2, 0.25) is 17.7 Å². The van der Waals surface area contributed by atoms with Crippen LogP contribution in [0.3, 0.4) is 0 Å². The number of aliphatic hydroxyl groups is 4. The zero-order valence-electron chi connectivity index (χ0n) is 33.4. The smallest absolute Gasteiger partial charge is 0.242 e. The third-order valence-electron chi connectivity index (χ3n) is 11.1. The molecule has 1 saturated carbocycles. The highest BCUT2D eigenvalue weighted by molar-refractivity contribution is 5.88. The van der Waals surface area contributed by atoms with Crippen LogP contribution in [0.1, 0.15) is 85.0 Å². The number of amides is 3. The van der Waals surface area contributed by atoms with Crippen molar-refractivity contribution >= 4 is 17.7 Å². The van der Waals surface area contributed by atoms with Crippen LogP contribution in [0.25, 0.3) is 0 Å². The maximum absolute atomic E-state index is 13.4. The van der Waals surface area contributed by atoms with Crippen molar-refractivity contribution in [2.75, 3.05) is 65.9 Å². The van der Waals surface area contributed by atoms with Gasteiger partial charge in [-0.25, -0.2) is 4.89 Å². The summed E-state index contributed by atoms with van der Waals surface area (Å²) in [6.45, 7) is 7.47. The van der Waals surface area contributed by atoms with Crippen LogP contribution in [0, 0.1) is 23.7 Å². The Balaban J connectivity index is 1.40. The Morgan fingerprint density at radius 1 is 0.750 bits per heavy atom. The standard InChI is InChI=1S/C38H69N3O15/c1-4-5-26(36(46)39-12-14-50-16-18-52-33-20-24(2)25(3)31(22-42)54-33)8-11-29(41-37(47)27-6-9-28(56-49)10-7-27)38(48)40-13-15-51-17-19-53-34-21-30(44)35(45)32(23-43)55-34/h24-35,42-45,49H,4-23H2,1-3H3,(H,39,46)(H,40,48)(H,41,47). The van der Waals surface area contributed by atoms with Crippen molar-refractivity contribution in [1.29, 1.82) is 0 Å². The lowest BCUT2D eigenvalue weighted by Crippen LogP contribution is -2.50. The van der Waals surface area contributed by atoms with E-state index in [0.29, 0.717) is 64.2 Å². The topological polar surface area (TPSA) is 253 Å². The van der Waals surface area contributed by atoms with Gasteiger partial charge in [0.05, 0.1) is 71.2 Å². The third-order valence-corrected chi connectivity index (χ3v) is 11.1. The van der Waals surface area contributed by atoms with Crippen LogP contribution in [-0.2, 0) is 47.7 Å². The molecule has 3 fully saturated rings. The first-order chi connectivity index (χ1) is 27.0. The summed E-state index contributed by atoms with van der Waals surface area (Å²) in [7, 11) is 0. The molecule has 1 aliphatic carbocycles. The Morgan fingerprint density at radius 2 is 1.34 bits per heavy atom. The van der Waals surface area contributed by atoms with Crippen molar-refractivity contribution in [3.63, 3.8) is 0 Å². The van der Waals surface area contributed by atoms with E-state index in [-0.39, 0.29) is 100 Å². The first-order valence-electron chi connectivity index (χ1n) is 20.4. The summed E-state index contributed by atoms with van der Waals surface area (Å²) in [5.74, 6) is -0.902. The molecule has 326 valence electrons. The molecule has 0 aromatic carbocycles. The molecule has 18 heteroatoms. The molecule has 0 bridgehead atoms. The van der Waals surface area contributed by atoms with Gasteiger partial charge in [-0.3, -0.25) is 19.6 Å². The number of carbonyl (C=O) groups is 3. The van der Waals surface area contributed by atoms with Crippen molar-refractivity contribution in [3.05, 3.63) is 0 Å². The van der Waals surface area contributed by atoms with Crippen LogP contribution in [0.4, 0.5) is 0 Å². The van der Waals surface area contributed by atoms with E-state index in [0.717, 1.165) is 12.8 Å². The molecule has 10 unspecified atom stereocenters. The summed E-state index contributed by atoms with van der Waals surface area (Å²) in [6, 6.07) is -0.884. The molecule has 2 saturated heterocycles. The Bertz CT molecular complexity index is 1120. The van der Waals surface area contributed by atoms with Crippen LogP contribution in [0.5, 0.6) is 0 Å². The zero-order valence-corrected chi connectivity index (χ0v) is 33.4. The average molecular weight is 808 g/mol. The van der Waals surface area contributed by atoms with Crippen molar-refractivity contribution in [2.45, 2.75) is 134 Å². The predicted molar refractivity (Wildman–Crippen MR) is 200 cm³/mol. The molecule has 3 rings (SSSR count). The van der Waals surface area contributed by atoms with Crippen molar-refractivity contribution in [3.8, 4) is 0 Å². The Labute approximate surface area is 330 Å². The molecular formula is C38H69N3O15. The van der Waals surface area contributed by atoms with E-state index in [1.54, 1.807) is 0 Å². The van der Waals surface area contributed by atoms with E-state index in [2.05, 4.69) is 34.7 Å².